The first kappa shape index (κ1) is 24.3. The van der Waals surface area contributed by atoms with E-state index in [0.717, 1.165) is 12.0 Å². The van der Waals surface area contributed by atoms with Crippen LogP contribution in [0.2, 0.25) is 0 Å². The van der Waals surface area contributed by atoms with Crippen molar-refractivity contribution < 1.29 is 14.3 Å². The number of carbonyl (C=O) groups excluding carboxylic acids is 2. The lowest BCUT2D eigenvalue weighted by atomic mass is 9.69. The van der Waals surface area contributed by atoms with Gasteiger partial charge < -0.3 is 4.74 Å². The van der Waals surface area contributed by atoms with E-state index in [1.54, 1.807) is 24.3 Å². The van der Waals surface area contributed by atoms with Crippen molar-refractivity contribution in [3.8, 4) is 5.75 Å². The minimum atomic E-state index is -0.890. The highest BCUT2D eigenvalue weighted by Gasteiger charge is 2.30. The SMILES string of the molecule is CC(C)(C)CC(c1ccc(OC(=O)C(=O)C=CC=Cc2ccccc2)cc1)C(C)(C)C. The molecule has 0 saturated carbocycles. The van der Waals surface area contributed by atoms with Gasteiger partial charge >= 0.3 is 5.97 Å². The number of carbonyl (C=O) groups is 2. The Balaban J connectivity index is 1.99. The van der Waals surface area contributed by atoms with E-state index in [2.05, 4.69) is 41.5 Å². The van der Waals surface area contributed by atoms with Crippen LogP contribution in [0.4, 0.5) is 0 Å². The highest BCUT2D eigenvalue weighted by atomic mass is 16.5. The molecule has 3 heteroatoms. The first-order valence-corrected chi connectivity index (χ1v) is 10.7. The fourth-order valence-corrected chi connectivity index (χ4v) is 3.40. The molecular weight excluding hydrogens is 384 g/mol. The van der Waals surface area contributed by atoms with E-state index in [1.165, 1.54) is 11.6 Å². The predicted molar refractivity (Wildman–Crippen MR) is 128 cm³/mol. The van der Waals surface area contributed by atoms with E-state index in [1.807, 2.05) is 48.5 Å². The molecule has 3 nitrogen and oxygen atoms in total. The normalized spacial score (nSPS) is 13.5. The highest BCUT2D eigenvalue weighted by Crippen LogP contribution is 2.43. The van der Waals surface area contributed by atoms with Crippen molar-refractivity contribution in [1.29, 1.82) is 0 Å². The Hall–Kier alpha value is -2.94. The zero-order valence-corrected chi connectivity index (χ0v) is 19.5. The molecule has 1 unspecified atom stereocenters. The van der Waals surface area contributed by atoms with Gasteiger partial charge in [0.25, 0.3) is 5.78 Å². The summed E-state index contributed by atoms with van der Waals surface area (Å²) in [6.07, 6.45) is 7.39. The Morgan fingerprint density at radius 3 is 2.03 bits per heavy atom. The second-order valence-electron chi connectivity index (χ2n) is 10.1. The quantitative estimate of drug-likeness (QED) is 0.160. The van der Waals surface area contributed by atoms with Crippen LogP contribution in [-0.2, 0) is 9.59 Å². The molecular formula is C28H34O3. The topological polar surface area (TPSA) is 43.4 Å². The summed E-state index contributed by atoms with van der Waals surface area (Å²) in [5.41, 5.74) is 2.54. The third-order valence-corrected chi connectivity index (χ3v) is 5.00. The third kappa shape index (κ3) is 8.37. The van der Waals surface area contributed by atoms with Crippen LogP contribution in [0.25, 0.3) is 6.08 Å². The molecule has 0 radical (unpaired) electrons. The maximum Gasteiger partial charge on any atom is 0.384 e. The van der Waals surface area contributed by atoms with Crippen LogP contribution in [0, 0.1) is 10.8 Å². The summed E-state index contributed by atoms with van der Waals surface area (Å²) in [6.45, 7) is 13.5. The Morgan fingerprint density at radius 1 is 0.871 bits per heavy atom. The van der Waals surface area contributed by atoms with Crippen LogP contribution in [0.15, 0.2) is 72.8 Å². The molecule has 0 spiro atoms. The Labute approximate surface area is 186 Å². The second-order valence-corrected chi connectivity index (χ2v) is 10.1. The van der Waals surface area contributed by atoms with E-state index in [-0.39, 0.29) is 10.8 Å². The lowest BCUT2D eigenvalue weighted by Crippen LogP contribution is -2.24. The van der Waals surface area contributed by atoms with Gasteiger partial charge in [-0.1, -0.05) is 102 Å². The molecule has 0 bridgehead atoms. The van der Waals surface area contributed by atoms with Crippen molar-refractivity contribution >= 4 is 17.8 Å². The van der Waals surface area contributed by atoms with Gasteiger partial charge in [0, 0.05) is 0 Å². The number of ketones is 1. The van der Waals surface area contributed by atoms with E-state index < -0.39 is 11.8 Å². The predicted octanol–water partition coefficient (Wildman–Crippen LogP) is 7.00. The number of allylic oxidation sites excluding steroid dienone is 2. The first-order valence-electron chi connectivity index (χ1n) is 10.7. The average molecular weight is 419 g/mol. The number of hydrogen-bond donors (Lipinski definition) is 0. The molecule has 0 fully saturated rings. The van der Waals surface area contributed by atoms with Gasteiger partial charge in [0.05, 0.1) is 0 Å². The van der Waals surface area contributed by atoms with Gasteiger partial charge in [-0.2, -0.15) is 0 Å². The molecule has 2 aromatic carbocycles. The zero-order valence-electron chi connectivity index (χ0n) is 19.5. The molecule has 0 amide bonds. The van der Waals surface area contributed by atoms with Gasteiger partial charge in [-0.3, -0.25) is 4.79 Å². The molecule has 0 aromatic heterocycles. The van der Waals surface area contributed by atoms with E-state index in [0.29, 0.717) is 11.7 Å². The van der Waals surface area contributed by atoms with Gasteiger partial charge in [-0.25, -0.2) is 4.79 Å². The fourth-order valence-electron chi connectivity index (χ4n) is 3.40. The summed E-state index contributed by atoms with van der Waals surface area (Å²) in [7, 11) is 0. The molecule has 0 heterocycles. The van der Waals surface area contributed by atoms with Crippen molar-refractivity contribution in [3.63, 3.8) is 0 Å². The smallest absolute Gasteiger partial charge is 0.384 e. The number of benzene rings is 2. The Kier molecular flexibility index (Phi) is 8.15. The summed E-state index contributed by atoms with van der Waals surface area (Å²) >= 11 is 0. The van der Waals surface area contributed by atoms with Crippen LogP contribution in [0.5, 0.6) is 5.75 Å². The summed E-state index contributed by atoms with van der Waals surface area (Å²) in [5.74, 6) is -0.835. The molecule has 31 heavy (non-hydrogen) atoms. The van der Waals surface area contributed by atoms with Crippen LogP contribution < -0.4 is 4.74 Å². The van der Waals surface area contributed by atoms with E-state index >= 15 is 0 Å². The minimum Gasteiger partial charge on any atom is -0.421 e. The molecule has 1 atom stereocenters. The number of esters is 1. The molecule has 0 aliphatic rings. The highest BCUT2D eigenvalue weighted by molar-refractivity contribution is 6.38. The monoisotopic (exact) mass is 418 g/mol. The molecule has 2 aromatic rings. The number of ether oxygens (including phenoxy) is 1. The zero-order chi connectivity index (χ0) is 23.1. The van der Waals surface area contributed by atoms with Crippen LogP contribution in [0.3, 0.4) is 0 Å². The molecule has 164 valence electrons. The van der Waals surface area contributed by atoms with Gasteiger partial charge in [0.15, 0.2) is 0 Å². The van der Waals surface area contributed by atoms with Gasteiger partial charge in [-0.15, -0.1) is 0 Å². The van der Waals surface area contributed by atoms with Crippen LogP contribution >= 0.6 is 0 Å². The van der Waals surface area contributed by atoms with Gasteiger partial charge in [-0.05, 0) is 52.5 Å². The third-order valence-electron chi connectivity index (χ3n) is 5.00. The summed E-state index contributed by atoms with van der Waals surface area (Å²) < 4.78 is 5.25. The maximum absolute atomic E-state index is 12.1. The van der Waals surface area contributed by atoms with Crippen molar-refractivity contribution in [2.75, 3.05) is 0 Å². The van der Waals surface area contributed by atoms with Crippen LogP contribution in [0.1, 0.15) is 65.0 Å². The summed E-state index contributed by atoms with van der Waals surface area (Å²) in [5, 5.41) is 0. The summed E-state index contributed by atoms with van der Waals surface area (Å²) in [6, 6.07) is 17.2. The maximum atomic E-state index is 12.1. The molecule has 0 saturated heterocycles. The molecule has 0 N–H and O–H groups in total. The van der Waals surface area contributed by atoms with Crippen molar-refractivity contribution in [3.05, 3.63) is 84.0 Å². The van der Waals surface area contributed by atoms with Crippen molar-refractivity contribution in [2.24, 2.45) is 10.8 Å². The lowest BCUT2D eigenvalue weighted by Gasteiger charge is -2.36. The number of hydrogen-bond acceptors (Lipinski definition) is 3. The first-order chi connectivity index (χ1) is 14.5. The van der Waals surface area contributed by atoms with E-state index in [9.17, 15) is 9.59 Å². The van der Waals surface area contributed by atoms with Crippen molar-refractivity contribution in [1.82, 2.24) is 0 Å². The van der Waals surface area contributed by atoms with Gasteiger partial charge in [0.1, 0.15) is 5.75 Å². The number of rotatable bonds is 7. The van der Waals surface area contributed by atoms with Gasteiger partial charge in [0.2, 0.25) is 0 Å². The molecule has 2 rings (SSSR count). The largest absolute Gasteiger partial charge is 0.421 e. The Morgan fingerprint density at radius 2 is 1.48 bits per heavy atom. The fraction of sp³-hybridized carbons (Fsp3) is 0.357. The van der Waals surface area contributed by atoms with E-state index in [4.69, 9.17) is 4.74 Å². The summed E-state index contributed by atoms with van der Waals surface area (Å²) in [4.78, 5) is 24.1. The molecule has 0 aliphatic carbocycles. The van der Waals surface area contributed by atoms with Crippen LogP contribution in [-0.4, -0.2) is 11.8 Å². The van der Waals surface area contributed by atoms with Crippen molar-refractivity contribution in [2.45, 2.75) is 53.9 Å². The second kappa shape index (κ2) is 10.4. The Bertz CT molecular complexity index is 921. The molecule has 0 aliphatic heterocycles. The average Bonchev–Trinajstić information content (AvgIpc) is 2.69. The standard InChI is InChI=1S/C28H34O3/c1-27(2,3)20-24(28(4,5)6)22-16-18-23(19-17-22)31-26(30)25(29)15-11-10-14-21-12-8-7-9-13-21/h7-19,24H,20H2,1-6H3. The lowest BCUT2D eigenvalue weighted by molar-refractivity contribution is -0.144. The minimum absolute atomic E-state index is 0.111.